The molecular weight excluding hydrogens is 352 g/mol. The average Bonchev–Trinajstić information content (AvgIpc) is 2.92. The van der Waals surface area contributed by atoms with Crippen LogP contribution in [0, 0.1) is 0 Å². The molecule has 2 heterocycles. The lowest BCUT2D eigenvalue weighted by Crippen LogP contribution is -2.45. The molecule has 0 atom stereocenters. The summed E-state index contributed by atoms with van der Waals surface area (Å²) >= 11 is 0. The smallest absolute Gasteiger partial charge is 0.262 e. The molecule has 2 aliphatic heterocycles. The molecule has 1 aromatic carbocycles. The maximum atomic E-state index is 12.2. The third kappa shape index (κ3) is 4.69. The van der Waals surface area contributed by atoms with E-state index in [9.17, 15) is 19.2 Å². The lowest BCUT2D eigenvalue weighted by molar-refractivity contribution is -0.126. The molecule has 2 N–H and O–H groups in total. The van der Waals surface area contributed by atoms with Gasteiger partial charge in [-0.05, 0) is 12.1 Å². The number of benzene rings is 1. The molecule has 0 aliphatic carbocycles. The fraction of sp³-hybridized carbons (Fsp3) is 0.444. The van der Waals surface area contributed by atoms with E-state index in [1.165, 1.54) is 0 Å². The van der Waals surface area contributed by atoms with Crippen molar-refractivity contribution >= 4 is 23.6 Å². The minimum atomic E-state index is -0.562. The molecule has 1 saturated heterocycles. The number of imide groups is 1. The van der Waals surface area contributed by atoms with E-state index in [-0.39, 0.29) is 23.6 Å². The molecule has 0 unspecified atom stereocenters. The summed E-state index contributed by atoms with van der Waals surface area (Å²) in [4.78, 5) is 51.3. The molecule has 0 radical (unpaired) electrons. The number of ether oxygens (including phenoxy) is 1. The molecule has 1 fully saturated rings. The number of nitrogens with one attached hydrogen (secondary N) is 2. The van der Waals surface area contributed by atoms with Gasteiger partial charge in [0.05, 0.1) is 30.9 Å². The van der Waals surface area contributed by atoms with Gasteiger partial charge in [0.15, 0.2) is 0 Å². The van der Waals surface area contributed by atoms with Crippen LogP contribution < -0.4 is 10.6 Å². The Morgan fingerprint density at radius 1 is 0.963 bits per heavy atom. The molecule has 1 aromatic rings. The van der Waals surface area contributed by atoms with E-state index in [4.69, 9.17) is 4.74 Å². The van der Waals surface area contributed by atoms with Gasteiger partial charge in [0, 0.05) is 26.2 Å². The second-order valence-corrected chi connectivity index (χ2v) is 6.32. The van der Waals surface area contributed by atoms with Crippen molar-refractivity contribution in [1.82, 2.24) is 20.4 Å². The van der Waals surface area contributed by atoms with Gasteiger partial charge in [0.1, 0.15) is 6.54 Å². The molecule has 144 valence electrons. The Balaban J connectivity index is 1.38. The molecule has 0 aromatic heterocycles. The first-order valence-corrected chi connectivity index (χ1v) is 8.85. The molecule has 27 heavy (non-hydrogen) atoms. The van der Waals surface area contributed by atoms with Crippen molar-refractivity contribution < 1.29 is 23.9 Å². The third-order valence-corrected chi connectivity index (χ3v) is 4.48. The van der Waals surface area contributed by atoms with E-state index >= 15 is 0 Å². The summed E-state index contributed by atoms with van der Waals surface area (Å²) in [5, 5.41) is 5.16. The highest BCUT2D eigenvalue weighted by Crippen LogP contribution is 2.21. The number of amides is 4. The molecule has 0 saturated carbocycles. The number of morpholine rings is 1. The summed E-state index contributed by atoms with van der Waals surface area (Å²) in [5.74, 6) is -1.88. The Bertz CT molecular complexity index is 710. The minimum absolute atomic E-state index is 0.203. The van der Waals surface area contributed by atoms with Crippen molar-refractivity contribution in [3.8, 4) is 0 Å². The number of carbonyl (C=O) groups is 4. The van der Waals surface area contributed by atoms with Crippen LogP contribution in [0.15, 0.2) is 24.3 Å². The van der Waals surface area contributed by atoms with Crippen molar-refractivity contribution in [2.75, 3.05) is 52.5 Å². The van der Waals surface area contributed by atoms with Crippen LogP contribution in [0.5, 0.6) is 0 Å². The molecule has 0 bridgehead atoms. The second-order valence-electron chi connectivity index (χ2n) is 6.32. The van der Waals surface area contributed by atoms with Gasteiger partial charge in [-0.2, -0.15) is 0 Å². The fourth-order valence-corrected chi connectivity index (χ4v) is 3.00. The van der Waals surface area contributed by atoms with Crippen molar-refractivity contribution in [3.63, 3.8) is 0 Å². The maximum absolute atomic E-state index is 12.2. The van der Waals surface area contributed by atoms with Gasteiger partial charge < -0.3 is 15.4 Å². The highest BCUT2D eigenvalue weighted by atomic mass is 16.5. The van der Waals surface area contributed by atoms with Crippen LogP contribution in [-0.4, -0.2) is 85.9 Å². The molecular formula is C18H22N4O5. The zero-order chi connectivity index (χ0) is 19.2. The largest absolute Gasteiger partial charge is 0.379 e. The summed E-state index contributed by atoms with van der Waals surface area (Å²) in [6, 6.07) is 6.43. The topological polar surface area (TPSA) is 108 Å². The van der Waals surface area contributed by atoms with Gasteiger partial charge in [0.25, 0.3) is 11.8 Å². The molecule has 0 spiro atoms. The summed E-state index contributed by atoms with van der Waals surface area (Å²) in [7, 11) is 0. The first-order valence-electron chi connectivity index (χ1n) is 8.85. The lowest BCUT2D eigenvalue weighted by atomic mass is 10.1. The molecule has 3 rings (SSSR count). The predicted molar refractivity (Wildman–Crippen MR) is 95.1 cm³/mol. The number of hydrogen-bond acceptors (Lipinski definition) is 6. The van der Waals surface area contributed by atoms with E-state index in [1.54, 1.807) is 24.3 Å². The zero-order valence-electron chi connectivity index (χ0n) is 14.9. The molecule has 4 amide bonds. The first kappa shape index (κ1) is 19.0. The molecule has 9 nitrogen and oxygen atoms in total. The van der Waals surface area contributed by atoms with Crippen molar-refractivity contribution in [2.24, 2.45) is 0 Å². The van der Waals surface area contributed by atoms with Crippen LogP contribution in [0.1, 0.15) is 20.7 Å². The molecule has 9 heteroatoms. The number of rotatable bonds is 7. The first-order chi connectivity index (χ1) is 13.1. The Morgan fingerprint density at radius 2 is 1.59 bits per heavy atom. The van der Waals surface area contributed by atoms with Gasteiger partial charge in [-0.3, -0.25) is 29.0 Å². The monoisotopic (exact) mass is 374 g/mol. The van der Waals surface area contributed by atoms with Crippen molar-refractivity contribution in [3.05, 3.63) is 35.4 Å². The predicted octanol–water partition coefficient (Wildman–Crippen LogP) is -1.15. The normalized spacial score (nSPS) is 17.0. The summed E-state index contributed by atoms with van der Waals surface area (Å²) < 4.78 is 5.25. The van der Waals surface area contributed by atoms with Gasteiger partial charge >= 0.3 is 0 Å². The summed E-state index contributed by atoms with van der Waals surface area (Å²) in [6.45, 7) is 3.66. The van der Waals surface area contributed by atoms with E-state index in [0.29, 0.717) is 19.8 Å². The SMILES string of the molecule is O=C(CNC(=O)CN1C(=O)c2ccccc2C1=O)NCCN1CCOCC1. The van der Waals surface area contributed by atoms with E-state index in [1.807, 2.05) is 0 Å². The van der Waals surface area contributed by atoms with Crippen molar-refractivity contribution in [1.29, 1.82) is 0 Å². The fourth-order valence-electron chi connectivity index (χ4n) is 3.00. The minimum Gasteiger partial charge on any atom is -0.379 e. The maximum Gasteiger partial charge on any atom is 0.262 e. The Labute approximate surface area is 156 Å². The van der Waals surface area contributed by atoms with Gasteiger partial charge in [-0.1, -0.05) is 12.1 Å². The Hall–Kier alpha value is -2.78. The lowest BCUT2D eigenvalue weighted by Gasteiger charge is -2.26. The number of hydrogen-bond donors (Lipinski definition) is 2. The van der Waals surface area contributed by atoms with Crippen LogP contribution in [-0.2, 0) is 14.3 Å². The average molecular weight is 374 g/mol. The summed E-state index contributed by atoms with van der Waals surface area (Å²) in [5.41, 5.74) is 0.576. The quantitative estimate of drug-likeness (QED) is 0.584. The Morgan fingerprint density at radius 3 is 2.22 bits per heavy atom. The van der Waals surface area contributed by atoms with Crippen LogP contribution in [0.4, 0.5) is 0 Å². The number of fused-ring (bicyclic) bond motifs is 1. The van der Waals surface area contributed by atoms with Crippen LogP contribution in [0.2, 0.25) is 0 Å². The van der Waals surface area contributed by atoms with Gasteiger partial charge in [0.2, 0.25) is 11.8 Å². The highest BCUT2D eigenvalue weighted by Gasteiger charge is 2.36. The number of carbonyl (C=O) groups excluding carboxylic acids is 4. The van der Waals surface area contributed by atoms with Crippen molar-refractivity contribution in [2.45, 2.75) is 0 Å². The standard InChI is InChI=1S/C18H22N4O5/c23-15(19-5-6-21-7-9-27-10-8-21)11-20-16(24)12-22-17(25)13-3-1-2-4-14(13)18(22)26/h1-4H,5-12H2,(H,19,23)(H,20,24). The van der Waals surface area contributed by atoms with Gasteiger partial charge in [-0.25, -0.2) is 0 Å². The third-order valence-electron chi connectivity index (χ3n) is 4.48. The highest BCUT2D eigenvalue weighted by molar-refractivity contribution is 6.22. The number of nitrogens with zero attached hydrogens (tertiary/aromatic N) is 2. The molecule has 2 aliphatic rings. The zero-order valence-corrected chi connectivity index (χ0v) is 14.9. The van der Waals surface area contributed by atoms with E-state index < -0.39 is 24.3 Å². The van der Waals surface area contributed by atoms with Crippen LogP contribution in [0.3, 0.4) is 0 Å². The second kappa shape index (κ2) is 8.74. The van der Waals surface area contributed by atoms with Crippen LogP contribution >= 0.6 is 0 Å². The Kier molecular flexibility index (Phi) is 6.15. The van der Waals surface area contributed by atoms with E-state index in [0.717, 1.165) is 24.5 Å². The van der Waals surface area contributed by atoms with E-state index in [2.05, 4.69) is 15.5 Å². The summed E-state index contributed by atoms with van der Waals surface area (Å²) in [6.07, 6.45) is 0. The van der Waals surface area contributed by atoms with Gasteiger partial charge in [-0.15, -0.1) is 0 Å². The van der Waals surface area contributed by atoms with Crippen LogP contribution in [0.25, 0.3) is 0 Å².